The number of rotatable bonds is 4. The van der Waals surface area contributed by atoms with Crippen LogP contribution in [0.25, 0.3) is 16.8 Å². The van der Waals surface area contributed by atoms with Crippen molar-refractivity contribution in [3.8, 4) is 11.1 Å². The summed E-state index contributed by atoms with van der Waals surface area (Å²) in [6.45, 7) is 0.777. The number of aromatic nitrogens is 4. The highest BCUT2D eigenvalue weighted by Gasteiger charge is 2.10. The van der Waals surface area contributed by atoms with Gasteiger partial charge in [-0.15, -0.1) is 11.3 Å². The van der Waals surface area contributed by atoms with Crippen molar-refractivity contribution in [1.29, 1.82) is 0 Å². The molecule has 108 valence electrons. The maximum absolute atomic E-state index is 4.46. The van der Waals surface area contributed by atoms with Gasteiger partial charge in [0.05, 0.1) is 12.7 Å². The van der Waals surface area contributed by atoms with E-state index in [-0.39, 0.29) is 0 Å². The molecular formula is C16H13N5S. The van der Waals surface area contributed by atoms with E-state index in [1.807, 2.05) is 35.1 Å². The number of nitrogens with zero attached hydrogens (tertiary/aromatic N) is 4. The molecule has 0 radical (unpaired) electrons. The molecule has 0 aromatic carbocycles. The van der Waals surface area contributed by atoms with Crippen molar-refractivity contribution in [3.63, 3.8) is 0 Å². The lowest BCUT2D eigenvalue weighted by Crippen LogP contribution is -2.04. The number of pyridine rings is 1. The van der Waals surface area contributed by atoms with Crippen LogP contribution in [-0.2, 0) is 6.54 Å². The van der Waals surface area contributed by atoms with Gasteiger partial charge in [-0.3, -0.25) is 4.98 Å². The standard InChI is InChI=1S/C16H13N5S/c1-3-12(9-17-6-1)14-11-20-21-15(5-7-18-16(14)21)19-10-13-4-2-8-22-13/h1-9,11,19H,10H2. The third-order valence-electron chi connectivity index (χ3n) is 3.40. The molecule has 0 aliphatic carbocycles. The van der Waals surface area contributed by atoms with E-state index in [1.165, 1.54) is 4.88 Å². The largest absolute Gasteiger partial charge is 0.365 e. The average Bonchev–Trinajstić information content (AvgIpc) is 3.23. The molecule has 0 bridgehead atoms. The van der Waals surface area contributed by atoms with Crippen molar-refractivity contribution in [3.05, 3.63) is 65.4 Å². The lowest BCUT2D eigenvalue weighted by molar-refractivity contribution is 0.928. The van der Waals surface area contributed by atoms with Crippen LogP contribution in [0.5, 0.6) is 0 Å². The summed E-state index contributed by atoms with van der Waals surface area (Å²) in [5, 5.41) is 9.95. The van der Waals surface area contributed by atoms with Crippen LogP contribution in [0.4, 0.5) is 5.82 Å². The molecular weight excluding hydrogens is 294 g/mol. The van der Waals surface area contributed by atoms with Gasteiger partial charge in [0.15, 0.2) is 5.65 Å². The summed E-state index contributed by atoms with van der Waals surface area (Å²) >= 11 is 1.73. The fourth-order valence-corrected chi connectivity index (χ4v) is 2.99. The molecule has 22 heavy (non-hydrogen) atoms. The Bertz CT molecular complexity index is 883. The summed E-state index contributed by atoms with van der Waals surface area (Å²) < 4.78 is 1.83. The molecule has 6 heteroatoms. The molecule has 0 amide bonds. The van der Waals surface area contributed by atoms with Gasteiger partial charge in [-0.1, -0.05) is 12.1 Å². The van der Waals surface area contributed by atoms with Crippen molar-refractivity contribution >= 4 is 22.8 Å². The van der Waals surface area contributed by atoms with E-state index in [9.17, 15) is 0 Å². The SMILES string of the molecule is c1cncc(-c2cnn3c(NCc4cccs4)ccnc23)c1. The maximum atomic E-state index is 4.46. The minimum absolute atomic E-state index is 0.777. The smallest absolute Gasteiger partial charge is 0.165 e. The number of thiophene rings is 1. The van der Waals surface area contributed by atoms with Crippen LogP contribution in [0.1, 0.15) is 4.88 Å². The predicted octanol–water partition coefficient (Wildman–Crippen LogP) is 3.46. The van der Waals surface area contributed by atoms with Gasteiger partial charge in [0.2, 0.25) is 0 Å². The Balaban J connectivity index is 1.71. The fraction of sp³-hybridized carbons (Fsp3) is 0.0625. The van der Waals surface area contributed by atoms with Crippen molar-refractivity contribution in [2.75, 3.05) is 5.32 Å². The first-order valence-electron chi connectivity index (χ1n) is 6.91. The van der Waals surface area contributed by atoms with Crippen LogP contribution in [0, 0.1) is 0 Å². The molecule has 4 heterocycles. The van der Waals surface area contributed by atoms with Crippen LogP contribution in [0.3, 0.4) is 0 Å². The minimum atomic E-state index is 0.777. The zero-order valence-electron chi connectivity index (χ0n) is 11.7. The highest BCUT2D eigenvalue weighted by Crippen LogP contribution is 2.24. The van der Waals surface area contributed by atoms with E-state index in [2.05, 4.69) is 37.9 Å². The van der Waals surface area contributed by atoms with Gasteiger partial charge in [0.25, 0.3) is 0 Å². The summed E-state index contributed by atoms with van der Waals surface area (Å²) in [6, 6.07) is 10.0. The maximum Gasteiger partial charge on any atom is 0.165 e. The Labute approximate surface area is 131 Å². The summed E-state index contributed by atoms with van der Waals surface area (Å²) in [4.78, 5) is 9.90. The zero-order chi connectivity index (χ0) is 14.8. The molecule has 0 saturated heterocycles. The van der Waals surface area contributed by atoms with E-state index in [0.717, 1.165) is 29.1 Å². The topological polar surface area (TPSA) is 55.1 Å². The zero-order valence-corrected chi connectivity index (χ0v) is 12.5. The molecule has 0 saturated carbocycles. The molecule has 1 N–H and O–H groups in total. The predicted molar refractivity (Wildman–Crippen MR) is 87.9 cm³/mol. The molecule has 0 atom stereocenters. The lowest BCUT2D eigenvalue weighted by atomic mass is 10.1. The number of fused-ring (bicyclic) bond motifs is 1. The van der Waals surface area contributed by atoms with Crippen molar-refractivity contribution in [2.45, 2.75) is 6.54 Å². The van der Waals surface area contributed by atoms with E-state index in [1.54, 1.807) is 23.7 Å². The van der Waals surface area contributed by atoms with Crippen LogP contribution < -0.4 is 5.32 Å². The molecule has 4 rings (SSSR count). The van der Waals surface area contributed by atoms with Crippen LogP contribution in [0.2, 0.25) is 0 Å². The van der Waals surface area contributed by atoms with Gasteiger partial charge in [-0.2, -0.15) is 9.61 Å². The Morgan fingerprint density at radius 2 is 2.09 bits per heavy atom. The second kappa shape index (κ2) is 5.57. The van der Waals surface area contributed by atoms with Gasteiger partial charge in [0, 0.05) is 34.6 Å². The number of anilines is 1. The van der Waals surface area contributed by atoms with E-state index in [0.29, 0.717) is 0 Å². The van der Waals surface area contributed by atoms with E-state index >= 15 is 0 Å². The third kappa shape index (κ3) is 2.33. The normalized spacial score (nSPS) is 10.9. The molecule has 0 aliphatic rings. The Hall–Kier alpha value is -2.73. The second-order valence-electron chi connectivity index (χ2n) is 4.80. The summed E-state index contributed by atoms with van der Waals surface area (Å²) in [6.07, 6.45) is 7.21. The van der Waals surface area contributed by atoms with Gasteiger partial charge < -0.3 is 5.32 Å². The van der Waals surface area contributed by atoms with Crippen LogP contribution in [0.15, 0.2) is 60.5 Å². The molecule has 0 unspecified atom stereocenters. The highest BCUT2D eigenvalue weighted by atomic mass is 32.1. The van der Waals surface area contributed by atoms with Gasteiger partial charge in [-0.25, -0.2) is 4.98 Å². The van der Waals surface area contributed by atoms with Crippen LogP contribution in [-0.4, -0.2) is 19.6 Å². The summed E-state index contributed by atoms with van der Waals surface area (Å²) in [7, 11) is 0. The third-order valence-corrected chi connectivity index (χ3v) is 4.27. The first kappa shape index (κ1) is 13.0. The van der Waals surface area contributed by atoms with Crippen LogP contribution >= 0.6 is 11.3 Å². The fourth-order valence-electron chi connectivity index (χ4n) is 2.34. The van der Waals surface area contributed by atoms with Gasteiger partial charge >= 0.3 is 0 Å². The quantitative estimate of drug-likeness (QED) is 0.627. The average molecular weight is 307 g/mol. The Kier molecular flexibility index (Phi) is 3.29. The number of hydrogen-bond acceptors (Lipinski definition) is 5. The molecule has 0 spiro atoms. The molecule has 0 aliphatic heterocycles. The van der Waals surface area contributed by atoms with Gasteiger partial charge in [-0.05, 0) is 23.6 Å². The first-order valence-corrected chi connectivity index (χ1v) is 7.79. The summed E-state index contributed by atoms with van der Waals surface area (Å²) in [5.41, 5.74) is 2.82. The second-order valence-corrected chi connectivity index (χ2v) is 5.83. The Morgan fingerprint density at radius 1 is 1.09 bits per heavy atom. The van der Waals surface area contributed by atoms with Crippen molar-refractivity contribution in [1.82, 2.24) is 19.6 Å². The van der Waals surface area contributed by atoms with Crippen molar-refractivity contribution < 1.29 is 0 Å². The number of nitrogens with one attached hydrogen (secondary N) is 1. The molecule has 0 fully saturated rings. The van der Waals surface area contributed by atoms with E-state index < -0.39 is 0 Å². The molecule has 5 nitrogen and oxygen atoms in total. The highest BCUT2D eigenvalue weighted by molar-refractivity contribution is 7.09. The Morgan fingerprint density at radius 3 is 2.91 bits per heavy atom. The van der Waals surface area contributed by atoms with Crippen molar-refractivity contribution in [2.24, 2.45) is 0 Å². The monoisotopic (exact) mass is 307 g/mol. The van der Waals surface area contributed by atoms with E-state index in [4.69, 9.17) is 0 Å². The minimum Gasteiger partial charge on any atom is -0.365 e. The first-order chi connectivity index (χ1) is 10.9. The molecule has 4 aromatic rings. The van der Waals surface area contributed by atoms with Gasteiger partial charge in [0.1, 0.15) is 5.82 Å². The lowest BCUT2D eigenvalue weighted by Gasteiger charge is -2.07. The summed E-state index contributed by atoms with van der Waals surface area (Å²) in [5.74, 6) is 0.925. The molecule has 4 aromatic heterocycles. The number of hydrogen-bond donors (Lipinski definition) is 1.